The molecule has 0 aliphatic rings. The van der Waals surface area contributed by atoms with Crippen LogP contribution in [0.5, 0.6) is 5.75 Å². The van der Waals surface area contributed by atoms with E-state index in [-0.39, 0.29) is 5.41 Å². The summed E-state index contributed by atoms with van der Waals surface area (Å²) in [6.07, 6.45) is 0.640. The van der Waals surface area contributed by atoms with Crippen LogP contribution in [-0.2, 0) is 11.8 Å². The largest absolute Gasteiger partial charge is 0.497 e. The molecular weight excluding hydrogens is 377 g/mol. The maximum absolute atomic E-state index is 6.04. The second-order valence-electron chi connectivity index (χ2n) is 5.97. The molecule has 0 bridgehead atoms. The summed E-state index contributed by atoms with van der Waals surface area (Å²) < 4.78 is 6.19. The van der Waals surface area contributed by atoms with E-state index >= 15 is 0 Å². The molecule has 0 atom stereocenters. The number of benzene rings is 1. The van der Waals surface area contributed by atoms with E-state index in [0.29, 0.717) is 12.2 Å². The van der Waals surface area contributed by atoms with Crippen LogP contribution in [0.15, 0.2) is 24.3 Å². The highest BCUT2D eigenvalue weighted by atomic mass is 127. The summed E-state index contributed by atoms with van der Waals surface area (Å²) in [4.78, 5) is 9.13. The highest BCUT2D eigenvalue weighted by Crippen LogP contribution is 2.28. The fourth-order valence-electron chi connectivity index (χ4n) is 2.05. The van der Waals surface area contributed by atoms with Crippen molar-refractivity contribution in [2.45, 2.75) is 32.6 Å². The van der Waals surface area contributed by atoms with Crippen molar-refractivity contribution < 1.29 is 4.74 Å². The Hall–Kier alpha value is -1.37. The zero-order chi connectivity index (χ0) is 15.6. The first-order chi connectivity index (χ1) is 9.81. The molecule has 0 aliphatic carbocycles. The van der Waals surface area contributed by atoms with Crippen LogP contribution < -0.4 is 10.5 Å². The van der Waals surface area contributed by atoms with Crippen LogP contribution in [0.1, 0.15) is 37.9 Å². The molecule has 112 valence electrons. The average Bonchev–Trinajstić information content (AvgIpc) is 2.41. The lowest BCUT2D eigenvalue weighted by atomic mass is 9.92. The Morgan fingerprint density at radius 2 is 1.95 bits per heavy atom. The first kappa shape index (κ1) is 16.0. The van der Waals surface area contributed by atoms with Crippen molar-refractivity contribution >= 4 is 28.4 Å². The number of aromatic nitrogens is 2. The molecule has 21 heavy (non-hydrogen) atoms. The van der Waals surface area contributed by atoms with Crippen LogP contribution in [0.2, 0.25) is 0 Å². The number of rotatable bonds is 3. The van der Waals surface area contributed by atoms with E-state index in [2.05, 4.69) is 48.3 Å². The van der Waals surface area contributed by atoms with E-state index < -0.39 is 0 Å². The van der Waals surface area contributed by atoms with Gasteiger partial charge in [-0.3, -0.25) is 0 Å². The van der Waals surface area contributed by atoms with Crippen molar-refractivity contribution in [1.82, 2.24) is 9.97 Å². The molecule has 0 fully saturated rings. The molecule has 0 saturated heterocycles. The number of hydrogen-bond donors (Lipinski definition) is 1. The van der Waals surface area contributed by atoms with Gasteiger partial charge in [0, 0.05) is 11.8 Å². The van der Waals surface area contributed by atoms with Crippen molar-refractivity contribution in [1.29, 1.82) is 0 Å². The third-order valence-corrected chi connectivity index (χ3v) is 4.19. The summed E-state index contributed by atoms with van der Waals surface area (Å²) >= 11 is 2.22. The van der Waals surface area contributed by atoms with Crippen LogP contribution in [-0.4, -0.2) is 17.1 Å². The maximum Gasteiger partial charge on any atom is 0.140 e. The van der Waals surface area contributed by atoms with E-state index in [4.69, 9.17) is 15.5 Å². The van der Waals surface area contributed by atoms with E-state index in [1.165, 1.54) is 0 Å². The molecule has 2 N–H and O–H groups in total. The smallest absolute Gasteiger partial charge is 0.140 e. The maximum atomic E-state index is 6.04. The first-order valence-electron chi connectivity index (χ1n) is 6.76. The van der Waals surface area contributed by atoms with Crippen LogP contribution in [0.4, 0.5) is 5.82 Å². The topological polar surface area (TPSA) is 61.0 Å². The fourth-order valence-corrected chi connectivity index (χ4v) is 3.10. The van der Waals surface area contributed by atoms with E-state index in [1.54, 1.807) is 7.11 Å². The van der Waals surface area contributed by atoms with Gasteiger partial charge in [0.25, 0.3) is 0 Å². The second kappa shape index (κ2) is 6.17. The number of anilines is 1. The molecule has 4 nitrogen and oxygen atoms in total. The van der Waals surface area contributed by atoms with Gasteiger partial charge in [0.05, 0.1) is 16.4 Å². The molecule has 0 saturated carbocycles. The van der Waals surface area contributed by atoms with Gasteiger partial charge in [-0.1, -0.05) is 32.9 Å². The Morgan fingerprint density at radius 1 is 1.24 bits per heavy atom. The van der Waals surface area contributed by atoms with Crippen molar-refractivity contribution in [2.75, 3.05) is 12.8 Å². The number of nitrogens with two attached hydrogens (primary N) is 1. The lowest BCUT2D eigenvalue weighted by Crippen LogP contribution is -2.19. The van der Waals surface area contributed by atoms with Crippen molar-refractivity contribution in [3.05, 3.63) is 44.9 Å². The molecule has 0 aliphatic heterocycles. The summed E-state index contributed by atoms with van der Waals surface area (Å²) in [7, 11) is 1.66. The van der Waals surface area contributed by atoms with Gasteiger partial charge in [-0.05, 0) is 40.3 Å². The molecule has 1 aromatic carbocycles. The van der Waals surface area contributed by atoms with Gasteiger partial charge in [0.15, 0.2) is 0 Å². The summed E-state index contributed by atoms with van der Waals surface area (Å²) in [6.45, 7) is 6.39. The highest BCUT2D eigenvalue weighted by molar-refractivity contribution is 14.1. The predicted octanol–water partition coefficient (Wildman–Crippen LogP) is 3.56. The highest BCUT2D eigenvalue weighted by Gasteiger charge is 2.22. The summed E-state index contributed by atoms with van der Waals surface area (Å²) in [5.41, 5.74) is 8.09. The summed E-state index contributed by atoms with van der Waals surface area (Å²) in [5.74, 6) is 2.13. The van der Waals surface area contributed by atoms with Crippen LogP contribution in [0.3, 0.4) is 0 Å². The van der Waals surface area contributed by atoms with Gasteiger partial charge in [0.1, 0.15) is 17.4 Å². The lowest BCUT2D eigenvalue weighted by molar-refractivity contribution is 0.414. The molecular formula is C16H20IN3O. The van der Waals surface area contributed by atoms with E-state index in [0.717, 1.165) is 26.4 Å². The number of methoxy groups -OCH3 is 1. The third-order valence-electron chi connectivity index (χ3n) is 3.13. The summed E-state index contributed by atoms with van der Waals surface area (Å²) in [5, 5.41) is 0. The fraction of sp³-hybridized carbons (Fsp3) is 0.375. The Kier molecular flexibility index (Phi) is 4.70. The standard InChI is InChI=1S/C16H20IN3O/c1-16(2,3)14-13(17)15(18)20-12(19-14)9-10-6-5-7-11(8-10)21-4/h5-8H,9H2,1-4H3,(H2,18,19,20). The molecule has 1 heterocycles. The number of hydrogen-bond acceptors (Lipinski definition) is 4. The second-order valence-corrected chi connectivity index (χ2v) is 7.04. The van der Waals surface area contributed by atoms with Crippen molar-refractivity contribution in [3.63, 3.8) is 0 Å². The lowest BCUT2D eigenvalue weighted by Gasteiger charge is -2.21. The third kappa shape index (κ3) is 3.84. The SMILES string of the molecule is COc1cccc(Cc2nc(N)c(I)c(C(C)(C)C)n2)c1. The molecule has 2 rings (SSSR count). The molecule has 1 aromatic heterocycles. The molecule has 5 heteroatoms. The van der Waals surface area contributed by atoms with Gasteiger partial charge in [-0.2, -0.15) is 0 Å². The Balaban J connectivity index is 2.38. The number of ether oxygens (including phenoxy) is 1. The Labute approximate surface area is 139 Å². The van der Waals surface area contributed by atoms with Crippen LogP contribution >= 0.6 is 22.6 Å². The van der Waals surface area contributed by atoms with Crippen LogP contribution in [0, 0.1) is 3.57 Å². The number of nitrogen functional groups attached to an aromatic ring is 1. The molecule has 0 radical (unpaired) electrons. The zero-order valence-electron chi connectivity index (χ0n) is 12.8. The van der Waals surface area contributed by atoms with Crippen LogP contribution in [0.25, 0.3) is 0 Å². The quantitative estimate of drug-likeness (QED) is 0.805. The minimum atomic E-state index is -0.0588. The van der Waals surface area contributed by atoms with E-state index in [1.807, 2.05) is 24.3 Å². The number of nitrogens with zero attached hydrogens (tertiary/aromatic N) is 2. The van der Waals surface area contributed by atoms with Gasteiger partial charge >= 0.3 is 0 Å². The molecule has 0 spiro atoms. The minimum Gasteiger partial charge on any atom is -0.497 e. The molecule has 0 unspecified atom stereocenters. The summed E-state index contributed by atoms with van der Waals surface area (Å²) in [6, 6.07) is 7.92. The Morgan fingerprint density at radius 3 is 2.57 bits per heavy atom. The van der Waals surface area contributed by atoms with Gasteiger partial charge < -0.3 is 10.5 Å². The normalized spacial score (nSPS) is 11.5. The zero-order valence-corrected chi connectivity index (χ0v) is 14.9. The predicted molar refractivity (Wildman–Crippen MR) is 93.7 cm³/mol. The monoisotopic (exact) mass is 397 g/mol. The van der Waals surface area contributed by atoms with E-state index in [9.17, 15) is 0 Å². The van der Waals surface area contributed by atoms with Crippen molar-refractivity contribution in [2.24, 2.45) is 0 Å². The first-order valence-corrected chi connectivity index (χ1v) is 7.84. The van der Waals surface area contributed by atoms with Gasteiger partial charge in [0.2, 0.25) is 0 Å². The average molecular weight is 397 g/mol. The number of halogens is 1. The van der Waals surface area contributed by atoms with Crippen molar-refractivity contribution in [3.8, 4) is 5.75 Å². The molecule has 2 aromatic rings. The molecule has 0 amide bonds. The minimum absolute atomic E-state index is 0.0588. The Bertz CT molecular complexity index is 650. The van der Waals surface area contributed by atoms with Gasteiger partial charge in [-0.25, -0.2) is 9.97 Å². The van der Waals surface area contributed by atoms with Gasteiger partial charge in [-0.15, -0.1) is 0 Å².